The number of H-pyrrole nitrogens is 1. The van der Waals surface area contributed by atoms with Gasteiger partial charge in [-0.25, -0.2) is 0 Å². The zero-order valence-corrected chi connectivity index (χ0v) is 8.20. The predicted molar refractivity (Wildman–Crippen MR) is 54.0 cm³/mol. The number of nitrogens with two attached hydrogens (primary N) is 1. The van der Waals surface area contributed by atoms with Crippen molar-refractivity contribution in [2.75, 3.05) is 13.2 Å². The van der Waals surface area contributed by atoms with Crippen molar-refractivity contribution in [1.82, 2.24) is 4.98 Å². The van der Waals surface area contributed by atoms with Crippen molar-refractivity contribution in [1.29, 1.82) is 0 Å². The minimum atomic E-state index is 0.288. The molecule has 1 aromatic rings. The highest BCUT2D eigenvalue weighted by Crippen LogP contribution is 2.48. The fourth-order valence-corrected chi connectivity index (χ4v) is 2.71. The molecular weight excluding hydrogens is 176 g/mol. The van der Waals surface area contributed by atoms with E-state index < -0.39 is 0 Å². The molecule has 1 saturated heterocycles. The Morgan fingerprint density at radius 3 is 2.64 bits per heavy atom. The number of ether oxygens (including phenoxy) is 1. The molecule has 1 aliphatic heterocycles. The zero-order chi connectivity index (χ0) is 9.60. The van der Waals surface area contributed by atoms with Crippen molar-refractivity contribution in [2.24, 2.45) is 11.7 Å². The van der Waals surface area contributed by atoms with E-state index in [1.807, 2.05) is 6.20 Å². The van der Waals surface area contributed by atoms with Gasteiger partial charge in [0.2, 0.25) is 0 Å². The van der Waals surface area contributed by atoms with Crippen LogP contribution in [0, 0.1) is 5.92 Å². The average molecular weight is 192 g/mol. The van der Waals surface area contributed by atoms with Gasteiger partial charge in [-0.15, -0.1) is 0 Å². The highest BCUT2D eigenvalue weighted by atomic mass is 16.5. The van der Waals surface area contributed by atoms with Gasteiger partial charge in [0, 0.05) is 23.9 Å². The number of hydrogen-bond donors (Lipinski definition) is 2. The van der Waals surface area contributed by atoms with E-state index in [0.29, 0.717) is 6.04 Å². The fourth-order valence-electron chi connectivity index (χ4n) is 2.71. The van der Waals surface area contributed by atoms with Gasteiger partial charge in [-0.2, -0.15) is 0 Å². The van der Waals surface area contributed by atoms with Crippen molar-refractivity contribution in [3.8, 4) is 0 Å². The van der Waals surface area contributed by atoms with Crippen LogP contribution in [-0.2, 0) is 10.2 Å². The monoisotopic (exact) mass is 192 g/mol. The number of nitrogens with one attached hydrogen (secondary N) is 1. The second-order valence-electron chi connectivity index (χ2n) is 4.68. The van der Waals surface area contributed by atoms with E-state index in [1.165, 1.54) is 5.56 Å². The standard InChI is InChI=1S/C11H16N2O/c12-10-3-9(4-10)11(6-14-7-11)8-1-2-13-5-8/h1-2,5,9-10,13H,3-4,6-7,12H2. The third-order valence-corrected chi connectivity index (χ3v) is 3.85. The molecule has 2 heterocycles. The molecule has 0 spiro atoms. The average Bonchev–Trinajstić information content (AvgIpc) is 2.52. The highest BCUT2D eigenvalue weighted by Gasteiger charge is 2.51. The van der Waals surface area contributed by atoms with Crippen LogP contribution in [0.2, 0.25) is 0 Å². The lowest BCUT2D eigenvalue weighted by molar-refractivity contribution is -0.111. The van der Waals surface area contributed by atoms with Crippen molar-refractivity contribution in [3.63, 3.8) is 0 Å². The molecule has 0 unspecified atom stereocenters. The maximum absolute atomic E-state index is 5.85. The minimum Gasteiger partial charge on any atom is -0.379 e. The van der Waals surface area contributed by atoms with E-state index in [9.17, 15) is 0 Å². The second kappa shape index (κ2) is 2.84. The van der Waals surface area contributed by atoms with Crippen LogP contribution in [0.15, 0.2) is 18.5 Å². The summed E-state index contributed by atoms with van der Waals surface area (Å²) < 4.78 is 5.40. The highest BCUT2D eigenvalue weighted by molar-refractivity contribution is 5.28. The molecule has 76 valence electrons. The molecule has 0 atom stereocenters. The van der Waals surface area contributed by atoms with Gasteiger partial charge in [-0.1, -0.05) is 0 Å². The summed E-state index contributed by atoms with van der Waals surface area (Å²) in [5.74, 6) is 0.738. The first kappa shape index (κ1) is 8.50. The second-order valence-corrected chi connectivity index (χ2v) is 4.68. The molecular formula is C11H16N2O. The van der Waals surface area contributed by atoms with Crippen molar-refractivity contribution in [3.05, 3.63) is 24.0 Å². The molecule has 2 fully saturated rings. The number of aromatic amines is 1. The van der Waals surface area contributed by atoms with Crippen LogP contribution in [0.1, 0.15) is 18.4 Å². The van der Waals surface area contributed by atoms with E-state index in [1.54, 1.807) is 0 Å². The summed E-state index contributed by atoms with van der Waals surface area (Å²) >= 11 is 0. The van der Waals surface area contributed by atoms with E-state index >= 15 is 0 Å². The van der Waals surface area contributed by atoms with E-state index in [-0.39, 0.29) is 5.41 Å². The Kier molecular flexibility index (Phi) is 1.73. The van der Waals surface area contributed by atoms with Crippen LogP contribution in [0.25, 0.3) is 0 Å². The first-order valence-corrected chi connectivity index (χ1v) is 5.28. The van der Waals surface area contributed by atoms with Crippen LogP contribution < -0.4 is 5.73 Å². The van der Waals surface area contributed by atoms with Gasteiger partial charge in [0.05, 0.1) is 13.2 Å². The van der Waals surface area contributed by atoms with Gasteiger partial charge in [-0.05, 0) is 30.4 Å². The summed E-state index contributed by atoms with van der Waals surface area (Å²) in [4.78, 5) is 3.13. The van der Waals surface area contributed by atoms with Crippen LogP contribution in [0.3, 0.4) is 0 Å². The Balaban J connectivity index is 1.85. The number of rotatable bonds is 2. The SMILES string of the molecule is NC1CC(C2(c3cc[nH]c3)COC2)C1. The Morgan fingerprint density at radius 1 is 1.43 bits per heavy atom. The maximum atomic E-state index is 5.85. The molecule has 2 aliphatic rings. The normalized spacial score (nSPS) is 34.6. The topological polar surface area (TPSA) is 51.0 Å². The zero-order valence-electron chi connectivity index (χ0n) is 8.20. The fraction of sp³-hybridized carbons (Fsp3) is 0.636. The van der Waals surface area contributed by atoms with Gasteiger partial charge in [0.15, 0.2) is 0 Å². The van der Waals surface area contributed by atoms with Gasteiger partial charge in [0.25, 0.3) is 0 Å². The van der Waals surface area contributed by atoms with Crippen LogP contribution >= 0.6 is 0 Å². The quantitative estimate of drug-likeness (QED) is 0.735. The summed E-state index contributed by atoms with van der Waals surface area (Å²) in [5, 5.41) is 0. The third-order valence-electron chi connectivity index (χ3n) is 3.85. The molecule has 1 aromatic heterocycles. The molecule has 14 heavy (non-hydrogen) atoms. The van der Waals surface area contributed by atoms with Gasteiger partial charge >= 0.3 is 0 Å². The predicted octanol–water partition coefficient (Wildman–Crippen LogP) is 1.02. The van der Waals surface area contributed by atoms with E-state index in [2.05, 4.69) is 17.2 Å². The number of aromatic nitrogens is 1. The lowest BCUT2D eigenvalue weighted by Crippen LogP contribution is -2.58. The Morgan fingerprint density at radius 2 is 2.21 bits per heavy atom. The van der Waals surface area contributed by atoms with Crippen LogP contribution in [-0.4, -0.2) is 24.2 Å². The number of hydrogen-bond acceptors (Lipinski definition) is 2. The smallest absolute Gasteiger partial charge is 0.0588 e. The lowest BCUT2D eigenvalue weighted by Gasteiger charge is -2.52. The molecule has 0 bridgehead atoms. The molecule has 0 aromatic carbocycles. The molecule has 3 heteroatoms. The van der Waals surface area contributed by atoms with Gasteiger partial charge < -0.3 is 15.5 Å². The molecule has 1 saturated carbocycles. The van der Waals surface area contributed by atoms with E-state index in [0.717, 1.165) is 32.0 Å². The lowest BCUT2D eigenvalue weighted by atomic mass is 9.59. The minimum absolute atomic E-state index is 0.288. The molecule has 0 radical (unpaired) electrons. The largest absolute Gasteiger partial charge is 0.379 e. The first-order valence-electron chi connectivity index (χ1n) is 5.28. The van der Waals surface area contributed by atoms with E-state index in [4.69, 9.17) is 10.5 Å². The van der Waals surface area contributed by atoms with Gasteiger partial charge in [-0.3, -0.25) is 0 Å². The summed E-state index contributed by atoms with van der Waals surface area (Å²) in [5.41, 5.74) is 7.54. The van der Waals surface area contributed by atoms with Crippen molar-refractivity contribution >= 4 is 0 Å². The molecule has 3 N–H and O–H groups in total. The summed E-state index contributed by atoms with van der Waals surface area (Å²) in [6, 6.07) is 2.60. The third kappa shape index (κ3) is 0.996. The Labute approximate surface area is 83.6 Å². The van der Waals surface area contributed by atoms with Gasteiger partial charge in [0.1, 0.15) is 0 Å². The Hall–Kier alpha value is -0.800. The Bertz CT molecular complexity index is 310. The maximum Gasteiger partial charge on any atom is 0.0588 e. The van der Waals surface area contributed by atoms with Crippen LogP contribution in [0.4, 0.5) is 0 Å². The molecule has 3 nitrogen and oxygen atoms in total. The van der Waals surface area contributed by atoms with Crippen molar-refractivity contribution < 1.29 is 4.74 Å². The molecule has 1 aliphatic carbocycles. The first-order chi connectivity index (χ1) is 6.81. The van der Waals surface area contributed by atoms with Crippen LogP contribution in [0.5, 0.6) is 0 Å². The van der Waals surface area contributed by atoms with Crippen molar-refractivity contribution in [2.45, 2.75) is 24.3 Å². The molecule has 3 rings (SSSR count). The summed E-state index contributed by atoms with van der Waals surface area (Å²) in [6.07, 6.45) is 6.42. The molecule has 0 amide bonds. The summed E-state index contributed by atoms with van der Waals surface area (Å²) in [6.45, 7) is 1.75. The summed E-state index contributed by atoms with van der Waals surface area (Å²) in [7, 11) is 0.